The Morgan fingerprint density at radius 1 is 1.32 bits per heavy atom. The van der Waals surface area contributed by atoms with Gasteiger partial charge in [-0.25, -0.2) is 4.79 Å². The first-order valence-corrected chi connectivity index (χ1v) is 6.61. The summed E-state index contributed by atoms with van der Waals surface area (Å²) in [5.74, 6) is 0.364. The summed E-state index contributed by atoms with van der Waals surface area (Å²) in [5.41, 5.74) is 3.35. The van der Waals surface area contributed by atoms with Crippen molar-refractivity contribution in [3.8, 4) is 11.4 Å². The third-order valence-corrected chi connectivity index (χ3v) is 3.78. The lowest BCUT2D eigenvalue weighted by atomic mass is 10.2. The highest BCUT2D eigenvalue weighted by molar-refractivity contribution is 7.08. The summed E-state index contributed by atoms with van der Waals surface area (Å²) < 4.78 is 6.53. The van der Waals surface area contributed by atoms with E-state index < -0.39 is 0 Å². The van der Waals surface area contributed by atoms with Gasteiger partial charge in [0.2, 0.25) is 0 Å². The Morgan fingerprint density at radius 3 is 2.84 bits per heavy atom. The van der Waals surface area contributed by atoms with Crippen LogP contribution in [-0.2, 0) is 4.74 Å². The van der Waals surface area contributed by atoms with Crippen molar-refractivity contribution in [2.24, 2.45) is 0 Å². The second kappa shape index (κ2) is 4.47. The van der Waals surface area contributed by atoms with Gasteiger partial charge in [0.1, 0.15) is 0 Å². The molecule has 0 spiro atoms. The molecule has 0 radical (unpaired) electrons. The van der Waals surface area contributed by atoms with Crippen molar-refractivity contribution in [2.75, 3.05) is 7.11 Å². The number of rotatable bonds is 2. The largest absolute Gasteiger partial charge is 0.465 e. The van der Waals surface area contributed by atoms with Crippen molar-refractivity contribution in [3.63, 3.8) is 0 Å². The minimum absolute atomic E-state index is 0.372. The summed E-state index contributed by atoms with van der Waals surface area (Å²) in [6.45, 7) is 2.02. The number of carbonyl (C=O) groups excluding carboxylic acids is 1. The van der Waals surface area contributed by atoms with Gasteiger partial charge in [0.15, 0.2) is 11.5 Å². The Hall–Kier alpha value is -2.21. The van der Waals surface area contributed by atoms with Crippen molar-refractivity contribution >= 4 is 23.0 Å². The number of aryl methyl sites for hydroxylation is 1. The van der Waals surface area contributed by atoms with E-state index in [0.29, 0.717) is 11.2 Å². The Morgan fingerprint density at radius 2 is 2.16 bits per heavy atom. The maximum Gasteiger partial charge on any atom is 0.339 e. The highest BCUT2D eigenvalue weighted by atomic mass is 32.1. The molecule has 0 fully saturated rings. The molecule has 0 atom stereocenters. The normalized spacial score (nSPS) is 10.8. The van der Waals surface area contributed by atoms with Crippen LogP contribution in [0.5, 0.6) is 0 Å². The number of hydrogen-bond acceptors (Lipinski definition) is 5. The average molecular weight is 273 g/mol. The fraction of sp³-hybridized carbons (Fsp3) is 0.154. The molecule has 0 saturated carbocycles. The summed E-state index contributed by atoms with van der Waals surface area (Å²) in [7, 11) is 1.36. The van der Waals surface area contributed by atoms with Crippen molar-refractivity contribution < 1.29 is 9.53 Å². The Labute approximate surface area is 113 Å². The van der Waals surface area contributed by atoms with Crippen molar-refractivity contribution in [1.82, 2.24) is 14.6 Å². The lowest BCUT2D eigenvalue weighted by Crippen LogP contribution is -2.03. The number of pyridine rings is 1. The van der Waals surface area contributed by atoms with Gasteiger partial charge in [-0.05, 0) is 30.0 Å². The molecule has 19 heavy (non-hydrogen) atoms. The summed E-state index contributed by atoms with van der Waals surface area (Å²) in [4.78, 5) is 11.6. The number of esters is 1. The molecule has 3 rings (SSSR count). The molecule has 0 aliphatic heterocycles. The van der Waals surface area contributed by atoms with Gasteiger partial charge < -0.3 is 4.74 Å². The number of methoxy groups -OCH3 is 1. The highest BCUT2D eigenvalue weighted by Gasteiger charge is 2.13. The second-order valence-electron chi connectivity index (χ2n) is 4.13. The standard InChI is InChI=1S/C13H11N3O2S/c1-8-6-19-7-10(8)12-15-14-11-4-3-9(5-16(11)12)13(17)18-2/h3-7H,1-2H3. The molecule has 0 aliphatic carbocycles. The quantitative estimate of drug-likeness (QED) is 0.673. The lowest BCUT2D eigenvalue weighted by Gasteiger charge is -2.02. The molecule has 0 saturated heterocycles. The van der Waals surface area contributed by atoms with E-state index in [0.717, 1.165) is 17.0 Å². The molecule has 0 amide bonds. The molecule has 3 heterocycles. The van der Waals surface area contributed by atoms with Crippen LogP contribution in [0.4, 0.5) is 0 Å². The van der Waals surface area contributed by atoms with Gasteiger partial charge in [0.25, 0.3) is 0 Å². The summed E-state index contributed by atoms with van der Waals surface area (Å²) in [6, 6.07) is 3.44. The summed E-state index contributed by atoms with van der Waals surface area (Å²) in [6.07, 6.45) is 1.70. The second-order valence-corrected chi connectivity index (χ2v) is 4.87. The molecular weight excluding hydrogens is 262 g/mol. The number of thiophene rings is 1. The zero-order valence-corrected chi connectivity index (χ0v) is 11.3. The van der Waals surface area contributed by atoms with Crippen LogP contribution in [0.2, 0.25) is 0 Å². The monoisotopic (exact) mass is 273 g/mol. The smallest absolute Gasteiger partial charge is 0.339 e. The van der Waals surface area contributed by atoms with E-state index in [1.807, 2.05) is 12.3 Å². The van der Waals surface area contributed by atoms with Gasteiger partial charge in [0.05, 0.1) is 12.7 Å². The van der Waals surface area contributed by atoms with E-state index in [4.69, 9.17) is 4.74 Å². The van der Waals surface area contributed by atoms with Gasteiger partial charge >= 0.3 is 5.97 Å². The molecule has 0 unspecified atom stereocenters. The number of ether oxygens (including phenoxy) is 1. The van der Waals surface area contributed by atoms with E-state index in [9.17, 15) is 4.79 Å². The van der Waals surface area contributed by atoms with Crippen LogP contribution in [0, 0.1) is 6.92 Å². The van der Waals surface area contributed by atoms with E-state index in [1.54, 1.807) is 34.1 Å². The fourth-order valence-corrected chi connectivity index (χ4v) is 2.73. The van der Waals surface area contributed by atoms with Crippen LogP contribution in [0.1, 0.15) is 15.9 Å². The molecule has 0 N–H and O–H groups in total. The lowest BCUT2D eigenvalue weighted by molar-refractivity contribution is 0.0600. The van der Waals surface area contributed by atoms with Crippen LogP contribution in [-0.4, -0.2) is 27.7 Å². The number of aromatic nitrogens is 3. The van der Waals surface area contributed by atoms with Gasteiger partial charge in [-0.1, -0.05) is 0 Å². The molecule has 6 heteroatoms. The van der Waals surface area contributed by atoms with Crippen molar-refractivity contribution in [2.45, 2.75) is 6.92 Å². The minimum atomic E-state index is -0.372. The van der Waals surface area contributed by atoms with Gasteiger partial charge in [-0.15, -0.1) is 10.2 Å². The molecule has 0 bridgehead atoms. The Kier molecular flexibility index (Phi) is 2.79. The van der Waals surface area contributed by atoms with Crippen LogP contribution in [0.3, 0.4) is 0 Å². The van der Waals surface area contributed by atoms with Crippen LogP contribution >= 0.6 is 11.3 Å². The number of hydrogen-bond donors (Lipinski definition) is 0. The van der Waals surface area contributed by atoms with E-state index in [2.05, 4.69) is 15.6 Å². The predicted molar refractivity (Wildman–Crippen MR) is 72.4 cm³/mol. The number of nitrogens with zero attached hydrogens (tertiary/aromatic N) is 3. The number of fused-ring (bicyclic) bond motifs is 1. The van der Waals surface area contributed by atoms with Crippen LogP contribution < -0.4 is 0 Å². The molecule has 0 aromatic carbocycles. The van der Waals surface area contributed by atoms with E-state index in [-0.39, 0.29) is 5.97 Å². The molecule has 5 nitrogen and oxygen atoms in total. The average Bonchev–Trinajstić information content (AvgIpc) is 3.02. The van der Waals surface area contributed by atoms with Crippen molar-refractivity contribution in [1.29, 1.82) is 0 Å². The zero-order chi connectivity index (χ0) is 13.4. The molecule has 96 valence electrons. The third-order valence-electron chi connectivity index (χ3n) is 2.92. The predicted octanol–water partition coefficient (Wildman–Crippen LogP) is 2.55. The summed E-state index contributed by atoms with van der Waals surface area (Å²) >= 11 is 1.62. The van der Waals surface area contributed by atoms with Gasteiger partial charge in [-0.3, -0.25) is 4.40 Å². The first-order valence-electron chi connectivity index (χ1n) is 5.67. The first kappa shape index (κ1) is 11.9. The molecule has 3 aromatic rings. The Bertz CT molecular complexity index is 760. The maximum absolute atomic E-state index is 11.6. The minimum Gasteiger partial charge on any atom is -0.465 e. The SMILES string of the molecule is COC(=O)c1ccc2nnc(-c3cscc3C)n2c1. The van der Waals surface area contributed by atoms with Gasteiger partial charge in [0, 0.05) is 17.1 Å². The van der Waals surface area contributed by atoms with Crippen LogP contribution in [0.25, 0.3) is 17.0 Å². The molecule has 0 aliphatic rings. The maximum atomic E-state index is 11.6. The highest BCUT2D eigenvalue weighted by Crippen LogP contribution is 2.25. The van der Waals surface area contributed by atoms with Gasteiger partial charge in [-0.2, -0.15) is 11.3 Å². The fourth-order valence-electron chi connectivity index (χ4n) is 1.90. The van der Waals surface area contributed by atoms with Crippen LogP contribution in [0.15, 0.2) is 29.1 Å². The summed E-state index contributed by atoms with van der Waals surface area (Å²) in [5, 5.41) is 12.4. The first-order chi connectivity index (χ1) is 9.20. The Balaban J connectivity index is 2.21. The zero-order valence-electron chi connectivity index (χ0n) is 10.5. The molecular formula is C13H11N3O2S. The number of carbonyl (C=O) groups is 1. The van der Waals surface area contributed by atoms with E-state index >= 15 is 0 Å². The molecule has 3 aromatic heterocycles. The van der Waals surface area contributed by atoms with E-state index in [1.165, 1.54) is 7.11 Å². The topological polar surface area (TPSA) is 56.5 Å². The van der Waals surface area contributed by atoms with Crippen molar-refractivity contribution in [3.05, 3.63) is 40.2 Å². The third kappa shape index (κ3) is 1.90.